The van der Waals surface area contributed by atoms with E-state index in [0.717, 1.165) is 23.6 Å². The maximum Gasteiger partial charge on any atom is 0.214 e. The molecule has 0 bridgehead atoms. The highest BCUT2D eigenvalue weighted by molar-refractivity contribution is 7.89. The predicted molar refractivity (Wildman–Crippen MR) is 107 cm³/mol. The number of hydrogen-bond donors (Lipinski definition) is 1. The molecule has 0 atom stereocenters. The second-order valence-corrected chi connectivity index (χ2v) is 8.76. The summed E-state index contributed by atoms with van der Waals surface area (Å²) in [6, 6.07) is 7.62. The number of pyridine rings is 1. The van der Waals surface area contributed by atoms with Crippen LogP contribution in [0.2, 0.25) is 0 Å². The first-order valence-corrected chi connectivity index (χ1v) is 10.8. The zero-order valence-corrected chi connectivity index (χ0v) is 16.6. The third-order valence-electron chi connectivity index (χ3n) is 4.53. The van der Waals surface area contributed by atoms with Gasteiger partial charge in [-0.2, -0.15) is 4.31 Å². The summed E-state index contributed by atoms with van der Waals surface area (Å²) in [5.74, 6) is 2.33. The number of anilines is 3. The van der Waals surface area contributed by atoms with Gasteiger partial charge in [0.25, 0.3) is 0 Å². The molecule has 0 unspecified atom stereocenters. The van der Waals surface area contributed by atoms with Crippen molar-refractivity contribution in [3.63, 3.8) is 0 Å². The fourth-order valence-corrected chi connectivity index (χ4v) is 4.58. The van der Waals surface area contributed by atoms with Gasteiger partial charge in [0.1, 0.15) is 5.82 Å². The third-order valence-corrected chi connectivity index (χ3v) is 6.49. The largest absolute Gasteiger partial charge is 0.352 e. The molecule has 1 N–H and O–H groups in total. The van der Waals surface area contributed by atoms with E-state index in [9.17, 15) is 8.42 Å². The zero-order chi connectivity index (χ0) is 19.3. The number of piperazine rings is 1. The van der Waals surface area contributed by atoms with Crippen molar-refractivity contribution in [2.24, 2.45) is 0 Å². The van der Waals surface area contributed by atoms with E-state index in [2.05, 4.69) is 25.4 Å². The lowest BCUT2D eigenvalue weighted by Crippen LogP contribution is -2.49. The Balaban J connectivity index is 1.57. The van der Waals surface area contributed by atoms with E-state index in [1.165, 1.54) is 0 Å². The minimum Gasteiger partial charge on any atom is -0.352 e. The summed E-state index contributed by atoms with van der Waals surface area (Å²) in [5.41, 5.74) is 1.11. The van der Waals surface area contributed by atoms with Gasteiger partial charge in [-0.05, 0) is 43.2 Å². The molecule has 9 heteroatoms. The first-order chi connectivity index (χ1) is 13.0. The average Bonchev–Trinajstić information content (AvgIpc) is 2.67. The van der Waals surface area contributed by atoms with Crippen molar-refractivity contribution in [3.8, 4) is 0 Å². The summed E-state index contributed by atoms with van der Waals surface area (Å²) in [4.78, 5) is 6.31. The van der Waals surface area contributed by atoms with Crippen LogP contribution in [0.5, 0.6) is 0 Å². The smallest absolute Gasteiger partial charge is 0.214 e. The molecule has 3 heterocycles. The van der Waals surface area contributed by atoms with Gasteiger partial charge in [-0.25, -0.2) is 13.4 Å². The molecule has 2 aromatic heterocycles. The molecule has 8 nitrogen and oxygen atoms in total. The van der Waals surface area contributed by atoms with E-state index < -0.39 is 10.0 Å². The first kappa shape index (κ1) is 19.5. The molecule has 1 fully saturated rings. The first-order valence-electron chi connectivity index (χ1n) is 9.24. The van der Waals surface area contributed by atoms with Crippen molar-refractivity contribution in [2.75, 3.05) is 42.1 Å². The highest BCUT2D eigenvalue weighted by Crippen LogP contribution is 2.18. The minimum atomic E-state index is -3.14. The molecular formula is C18H26N6O2S. The Morgan fingerprint density at radius 2 is 1.85 bits per heavy atom. The molecule has 3 rings (SSSR count). The van der Waals surface area contributed by atoms with Crippen LogP contribution < -0.4 is 10.2 Å². The highest BCUT2D eigenvalue weighted by atomic mass is 32.2. The minimum absolute atomic E-state index is 0.233. The molecule has 1 aliphatic heterocycles. The molecule has 0 aliphatic carbocycles. The van der Waals surface area contributed by atoms with Crippen LogP contribution in [0.1, 0.15) is 25.3 Å². The second kappa shape index (κ2) is 8.62. The molecule has 0 saturated carbocycles. The van der Waals surface area contributed by atoms with Crippen LogP contribution in [-0.2, 0) is 10.0 Å². The van der Waals surface area contributed by atoms with Gasteiger partial charge in [0, 0.05) is 32.4 Å². The van der Waals surface area contributed by atoms with Crippen molar-refractivity contribution in [1.29, 1.82) is 0 Å². The number of hydrogen-bond acceptors (Lipinski definition) is 7. The molecule has 1 aliphatic rings. The van der Waals surface area contributed by atoms with Gasteiger partial charge in [-0.15, -0.1) is 10.2 Å². The Bertz CT molecular complexity index is 848. The lowest BCUT2D eigenvalue weighted by Gasteiger charge is -2.34. The van der Waals surface area contributed by atoms with Crippen molar-refractivity contribution >= 4 is 27.5 Å². The maximum atomic E-state index is 12.3. The highest BCUT2D eigenvalue weighted by Gasteiger charge is 2.26. The van der Waals surface area contributed by atoms with Crippen LogP contribution >= 0.6 is 0 Å². The molecule has 2 aromatic rings. The van der Waals surface area contributed by atoms with Crippen LogP contribution in [0.25, 0.3) is 0 Å². The van der Waals surface area contributed by atoms with E-state index in [4.69, 9.17) is 0 Å². The van der Waals surface area contributed by atoms with E-state index in [1.807, 2.05) is 38.1 Å². The van der Waals surface area contributed by atoms with Crippen molar-refractivity contribution < 1.29 is 8.42 Å². The Hall–Kier alpha value is -2.26. The quantitative estimate of drug-likeness (QED) is 0.775. The van der Waals surface area contributed by atoms with Gasteiger partial charge in [0.05, 0.1) is 5.75 Å². The zero-order valence-electron chi connectivity index (χ0n) is 15.8. The molecule has 0 radical (unpaired) electrons. The lowest BCUT2D eigenvalue weighted by molar-refractivity contribution is 0.383. The third kappa shape index (κ3) is 5.14. The summed E-state index contributed by atoms with van der Waals surface area (Å²) >= 11 is 0. The Labute approximate surface area is 160 Å². The van der Waals surface area contributed by atoms with Crippen LogP contribution in [0, 0.1) is 6.92 Å². The molecule has 27 heavy (non-hydrogen) atoms. The van der Waals surface area contributed by atoms with Crippen LogP contribution in [0.15, 0.2) is 30.5 Å². The van der Waals surface area contributed by atoms with Gasteiger partial charge < -0.3 is 10.2 Å². The molecule has 146 valence electrons. The number of aryl methyl sites for hydroxylation is 1. The van der Waals surface area contributed by atoms with Gasteiger partial charge >= 0.3 is 0 Å². The Morgan fingerprint density at radius 1 is 1.07 bits per heavy atom. The number of unbranched alkanes of at least 4 members (excludes halogenated alkanes) is 1. The van der Waals surface area contributed by atoms with Crippen LogP contribution in [0.3, 0.4) is 0 Å². The standard InChI is InChI=1S/C18H26N6O2S/c1-3-4-13-27(25,26)24-11-9-23(10-12-24)18-6-5-16(21-22-18)20-17-14-15(2)7-8-19-17/h5-8,14H,3-4,9-13H2,1-2H3,(H,19,20,21). The van der Waals surface area contributed by atoms with Gasteiger partial charge in [-0.1, -0.05) is 13.3 Å². The van der Waals surface area contributed by atoms with Gasteiger partial charge in [-0.3, -0.25) is 0 Å². The number of nitrogens with one attached hydrogen (secondary N) is 1. The van der Waals surface area contributed by atoms with E-state index in [0.29, 0.717) is 38.4 Å². The maximum absolute atomic E-state index is 12.3. The Morgan fingerprint density at radius 3 is 2.48 bits per heavy atom. The van der Waals surface area contributed by atoms with Gasteiger partial charge in [0.2, 0.25) is 10.0 Å². The van der Waals surface area contributed by atoms with Crippen molar-refractivity contribution in [1.82, 2.24) is 19.5 Å². The molecule has 1 saturated heterocycles. The molecular weight excluding hydrogens is 364 g/mol. The van der Waals surface area contributed by atoms with Crippen molar-refractivity contribution in [2.45, 2.75) is 26.7 Å². The fourth-order valence-electron chi connectivity index (χ4n) is 2.95. The number of rotatable bonds is 7. The monoisotopic (exact) mass is 390 g/mol. The topological polar surface area (TPSA) is 91.3 Å². The summed E-state index contributed by atoms with van der Waals surface area (Å²) < 4.78 is 26.2. The van der Waals surface area contributed by atoms with Gasteiger partial charge in [0.15, 0.2) is 11.6 Å². The van der Waals surface area contributed by atoms with E-state index >= 15 is 0 Å². The summed E-state index contributed by atoms with van der Waals surface area (Å²) in [6.45, 7) is 6.21. The van der Waals surface area contributed by atoms with Crippen LogP contribution in [-0.4, -0.2) is 59.8 Å². The van der Waals surface area contributed by atoms with E-state index in [-0.39, 0.29) is 5.75 Å². The summed E-state index contributed by atoms with van der Waals surface area (Å²) in [7, 11) is -3.14. The second-order valence-electron chi connectivity index (χ2n) is 6.68. The van der Waals surface area contributed by atoms with E-state index in [1.54, 1.807) is 10.5 Å². The SMILES string of the molecule is CCCCS(=O)(=O)N1CCN(c2ccc(Nc3cc(C)ccn3)nn2)CC1. The van der Waals surface area contributed by atoms with Crippen LogP contribution in [0.4, 0.5) is 17.5 Å². The number of sulfonamides is 1. The lowest BCUT2D eigenvalue weighted by atomic mass is 10.3. The number of aromatic nitrogens is 3. The number of nitrogens with zero attached hydrogens (tertiary/aromatic N) is 5. The Kier molecular flexibility index (Phi) is 6.22. The predicted octanol–water partition coefficient (Wildman–Crippen LogP) is 2.18. The van der Waals surface area contributed by atoms with Crippen molar-refractivity contribution in [3.05, 3.63) is 36.0 Å². The summed E-state index contributed by atoms with van der Waals surface area (Å²) in [6.07, 6.45) is 3.33. The molecule has 0 amide bonds. The fraction of sp³-hybridized carbons (Fsp3) is 0.500. The molecule has 0 spiro atoms. The summed E-state index contributed by atoms with van der Waals surface area (Å²) in [5, 5.41) is 11.6. The molecule has 0 aromatic carbocycles. The average molecular weight is 391 g/mol. The normalized spacial score (nSPS) is 15.7.